The van der Waals surface area contributed by atoms with Crippen molar-refractivity contribution in [3.8, 4) is 0 Å². The molecule has 1 amide bonds. The zero-order valence-electron chi connectivity index (χ0n) is 12.3. The summed E-state index contributed by atoms with van der Waals surface area (Å²) >= 11 is 1.34. The van der Waals surface area contributed by atoms with Crippen LogP contribution in [0.1, 0.15) is 29.9 Å². The highest BCUT2D eigenvalue weighted by Crippen LogP contribution is 2.27. The SMILES string of the molecule is CCNc1nc(N)c(C(=O)N2CCCN(C)CC2C)s1. The maximum atomic E-state index is 12.7. The monoisotopic (exact) mass is 297 g/mol. The first-order valence-electron chi connectivity index (χ1n) is 7.02. The van der Waals surface area contributed by atoms with E-state index in [2.05, 4.69) is 29.2 Å². The Morgan fingerprint density at radius 3 is 3.00 bits per heavy atom. The average Bonchev–Trinajstić information content (AvgIpc) is 2.65. The van der Waals surface area contributed by atoms with Gasteiger partial charge in [-0.25, -0.2) is 4.98 Å². The number of nitrogens with two attached hydrogens (primary N) is 1. The molecule has 1 aromatic heterocycles. The van der Waals surface area contributed by atoms with Gasteiger partial charge >= 0.3 is 0 Å². The van der Waals surface area contributed by atoms with E-state index < -0.39 is 0 Å². The molecule has 0 aliphatic carbocycles. The molecule has 1 unspecified atom stereocenters. The second-order valence-corrected chi connectivity index (χ2v) is 6.23. The van der Waals surface area contributed by atoms with Gasteiger partial charge in [0.05, 0.1) is 0 Å². The van der Waals surface area contributed by atoms with Crippen LogP contribution in [0.5, 0.6) is 0 Å². The highest BCUT2D eigenvalue weighted by Gasteiger charge is 2.28. The third kappa shape index (κ3) is 3.21. The van der Waals surface area contributed by atoms with Crippen molar-refractivity contribution in [1.29, 1.82) is 0 Å². The number of nitrogens with zero attached hydrogens (tertiary/aromatic N) is 3. The Kier molecular flexibility index (Phi) is 4.82. The van der Waals surface area contributed by atoms with Gasteiger partial charge in [-0.05, 0) is 33.9 Å². The second-order valence-electron chi connectivity index (χ2n) is 5.23. The van der Waals surface area contributed by atoms with Gasteiger partial charge in [-0.15, -0.1) is 0 Å². The summed E-state index contributed by atoms with van der Waals surface area (Å²) in [6.45, 7) is 7.54. The fraction of sp³-hybridized carbons (Fsp3) is 0.692. The van der Waals surface area contributed by atoms with Gasteiger partial charge < -0.3 is 20.9 Å². The molecular weight excluding hydrogens is 274 g/mol. The van der Waals surface area contributed by atoms with E-state index in [-0.39, 0.29) is 11.9 Å². The van der Waals surface area contributed by atoms with Crippen LogP contribution in [0.3, 0.4) is 0 Å². The number of likely N-dealkylation sites (N-methyl/N-ethyl adjacent to an activating group) is 1. The van der Waals surface area contributed by atoms with Crippen LogP contribution < -0.4 is 11.1 Å². The molecule has 0 spiro atoms. The molecule has 7 heteroatoms. The summed E-state index contributed by atoms with van der Waals surface area (Å²) in [6.07, 6.45) is 0.991. The second kappa shape index (κ2) is 6.41. The van der Waals surface area contributed by atoms with Crippen molar-refractivity contribution in [3.63, 3.8) is 0 Å². The number of anilines is 2. The number of aromatic nitrogens is 1. The van der Waals surface area contributed by atoms with Crippen LogP contribution in [0.2, 0.25) is 0 Å². The molecule has 2 heterocycles. The van der Waals surface area contributed by atoms with E-state index in [1.165, 1.54) is 11.3 Å². The van der Waals surface area contributed by atoms with Crippen LogP contribution in [0.4, 0.5) is 10.9 Å². The van der Waals surface area contributed by atoms with E-state index in [0.29, 0.717) is 15.8 Å². The molecule has 0 aromatic carbocycles. The number of rotatable bonds is 3. The quantitative estimate of drug-likeness (QED) is 0.880. The molecule has 0 saturated carbocycles. The van der Waals surface area contributed by atoms with Crippen LogP contribution in [-0.2, 0) is 0 Å². The summed E-state index contributed by atoms with van der Waals surface area (Å²) < 4.78 is 0. The van der Waals surface area contributed by atoms with E-state index in [1.54, 1.807) is 0 Å². The Labute approximate surface area is 124 Å². The van der Waals surface area contributed by atoms with Crippen LogP contribution in [-0.4, -0.2) is 60.0 Å². The van der Waals surface area contributed by atoms with Gasteiger partial charge in [0.15, 0.2) is 5.13 Å². The third-order valence-corrected chi connectivity index (χ3v) is 4.50. The first-order valence-corrected chi connectivity index (χ1v) is 7.84. The first-order chi connectivity index (χ1) is 9.52. The number of amides is 1. The number of nitrogens with one attached hydrogen (secondary N) is 1. The number of hydrogen-bond donors (Lipinski definition) is 2. The maximum absolute atomic E-state index is 12.7. The Morgan fingerprint density at radius 2 is 2.30 bits per heavy atom. The summed E-state index contributed by atoms with van der Waals surface area (Å²) in [6, 6.07) is 0.194. The van der Waals surface area contributed by atoms with Gasteiger partial charge in [0.1, 0.15) is 10.7 Å². The number of carbonyl (C=O) groups is 1. The van der Waals surface area contributed by atoms with Crippen LogP contribution in [0.15, 0.2) is 0 Å². The summed E-state index contributed by atoms with van der Waals surface area (Å²) in [4.78, 5) is 21.6. The van der Waals surface area contributed by atoms with Gasteiger partial charge in [-0.2, -0.15) is 0 Å². The molecule has 20 heavy (non-hydrogen) atoms. The summed E-state index contributed by atoms with van der Waals surface area (Å²) in [7, 11) is 2.09. The van der Waals surface area contributed by atoms with Crippen LogP contribution in [0.25, 0.3) is 0 Å². The van der Waals surface area contributed by atoms with Crippen molar-refractivity contribution in [1.82, 2.24) is 14.8 Å². The van der Waals surface area contributed by atoms with E-state index in [4.69, 9.17) is 5.73 Å². The van der Waals surface area contributed by atoms with Crippen LogP contribution in [0, 0.1) is 0 Å². The van der Waals surface area contributed by atoms with Gasteiger partial charge in [-0.3, -0.25) is 4.79 Å². The predicted molar refractivity (Wildman–Crippen MR) is 83.3 cm³/mol. The first kappa shape index (κ1) is 15.1. The number of carbonyl (C=O) groups excluding carboxylic acids is 1. The molecule has 1 aliphatic rings. The zero-order chi connectivity index (χ0) is 14.7. The lowest BCUT2D eigenvalue weighted by atomic mass is 10.2. The minimum atomic E-state index is 0.00644. The van der Waals surface area contributed by atoms with E-state index in [9.17, 15) is 4.79 Å². The Morgan fingerprint density at radius 1 is 1.55 bits per heavy atom. The average molecular weight is 297 g/mol. The summed E-state index contributed by atoms with van der Waals surface area (Å²) in [5.41, 5.74) is 5.89. The topological polar surface area (TPSA) is 74.5 Å². The van der Waals surface area contributed by atoms with E-state index in [1.807, 2.05) is 11.8 Å². The fourth-order valence-corrected chi connectivity index (χ4v) is 3.43. The molecule has 1 aliphatic heterocycles. The lowest BCUT2D eigenvalue weighted by Gasteiger charge is -2.27. The molecule has 3 N–H and O–H groups in total. The molecule has 0 radical (unpaired) electrons. The van der Waals surface area contributed by atoms with Gasteiger partial charge in [0.2, 0.25) is 0 Å². The Bertz CT molecular complexity index is 475. The van der Waals surface area contributed by atoms with E-state index >= 15 is 0 Å². The van der Waals surface area contributed by atoms with Gasteiger partial charge in [0, 0.05) is 25.7 Å². The minimum absolute atomic E-state index is 0.00644. The lowest BCUT2D eigenvalue weighted by molar-refractivity contribution is 0.0702. The third-order valence-electron chi connectivity index (χ3n) is 3.48. The highest BCUT2D eigenvalue weighted by molar-refractivity contribution is 7.18. The standard InChI is InChI=1S/C13H23N5OS/c1-4-15-13-16-11(14)10(20-13)12(19)18-7-5-6-17(3)8-9(18)2/h9H,4-8,14H2,1-3H3,(H,15,16). The van der Waals surface area contributed by atoms with Crippen molar-refractivity contribution in [2.75, 3.05) is 44.3 Å². The van der Waals surface area contributed by atoms with Crippen molar-refractivity contribution in [3.05, 3.63) is 4.88 Å². The Balaban J connectivity index is 2.17. The fourth-order valence-electron chi connectivity index (χ4n) is 2.52. The summed E-state index contributed by atoms with van der Waals surface area (Å²) in [5.74, 6) is 0.340. The zero-order valence-corrected chi connectivity index (χ0v) is 13.2. The van der Waals surface area contributed by atoms with Gasteiger partial charge in [0.25, 0.3) is 5.91 Å². The summed E-state index contributed by atoms with van der Waals surface area (Å²) in [5, 5.41) is 3.82. The molecule has 1 aromatic rings. The van der Waals surface area contributed by atoms with Crippen molar-refractivity contribution < 1.29 is 4.79 Å². The van der Waals surface area contributed by atoms with E-state index in [0.717, 1.165) is 32.6 Å². The molecule has 1 atom stereocenters. The minimum Gasteiger partial charge on any atom is -0.382 e. The highest BCUT2D eigenvalue weighted by atomic mass is 32.1. The smallest absolute Gasteiger partial charge is 0.268 e. The largest absolute Gasteiger partial charge is 0.382 e. The number of hydrogen-bond acceptors (Lipinski definition) is 6. The predicted octanol–water partition coefficient (Wildman–Crippen LogP) is 1.32. The van der Waals surface area contributed by atoms with Crippen molar-refractivity contribution >= 4 is 28.2 Å². The van der Waals surface area contributed by atoms with Crippen molar-refractivity contribution in [2.24, 2.45) is 0 Å². The molecule has 0 bridgehead atoms. The number of thiazole rings is 1. The Hall–Kier alpha value is -1.34. The molecule has 6 nitrogen and oxygen atoms in total. The van der Waals surface area contributed by atoms with Crippen LogP contribution >= 0.6 is 11.3 Å². The lowest BCUT2D eigenvalue weighted by Crippen LogP contribution is -2.41. The molecule has 1 fully saturated rings. The molecule has 2 rings (SSSR count). The van der Waals surface area contributed by atoms with Crippen molar-refractivity contribution in [2.45, 2.75) is 26.3 Å². The normalized spacial score (nSPS) is 20.8. The molecule has 1 saturated heterocycles. The molecular formula is C13H23N5OS. The van der Waals surface area contributed by atoms with Gasteiger partial charge in [-0.1, -0.05) is 11.3 Å². The maximum Gasteiger partial charge on any atom is 0.268 e. The molecule has 112 valence electrons. The number of nitrogen functional groups attached to an aromatic ring is 1.